The third-order valence-corrected chi connectivity index (χ3v) is 1.95. The SMILES string of the molecule is O=C(c1cccs1)[B-](F)(F)F. The molecule has 0 fully saturated rings. The molecular formula is C5H3BF3OS-. The first-order valence-electron chi connectivity index (χ1n) is 2.79. The van der Waals surface area contributed by atoms with Gasteiger partial charge in [0.15, 0.2) is 0 Å². The van der Waals surface area contributed by atoms with Gasteiger partial charge in [-0.25, -0.2) is 0 Å². The van der Waals surface area contributed by atoms with Crippen molar-refractivity contribution in [2.45, 2.75) is 0 Å². The molecule has 11 heavy (non-hydrogen) atoms. The van der Waals surface area contributed by atoms with Crippen molar-refractivity contribution >= 4 is 24.0 Å². The van der Waals surface area contributed by atoms with Crippen molar-refractivity contribution in [2.75, 3.05) is 0 Å². The van der Waals surface area contributed by atoms with Crippen molar-refractivity contribution in [1.29, 1.82) is 0 Å². The first kappa shape index (κ1) is 8.32. The van der Waals surface area contributed by atoms with Crippen LogP contribution in [0.2, 0.25) is 0 Å². The molecule has 0 N–H and O–H groups in total. The molecule has 1 aromatic heterocycles. The van der Waals surface area contributed by atoms with Gasteiger partial charge in [-0.3, -0.25) is 0 Å². The van der Waals surface area contributed by atoms with Crippen molar-refractivity contribution in [3.63, 3.8) is 0 Å². The van der Waals surface area contributed by atoms with E-state index in [2.05, 4.69) is 0 Å². The Hall–Kier alpha value is -0.775. The highest BCUT2D eigenvalue weighted by Crippen LogP contribution is 2.19. The molecule has 0 amide bonds. The number of halogens is 3. The van der Waals surface area contributed by atoms with Gasteiger partial charge in [0.1, 0.15) is 5.68 Å². The van der Waals surface area contributed by atoms with Crippen molar-refractivity contribution < 1.29 is 17.7 Å². The van der Waals surface area contributed by atoms with E-state index in [1.54, 1.807) is 0 Å². The normalized spacial score (nSPS) is 11.5. The lowest BCUT2D eigenvalue weighted by Gasteiger charge is -2.09. The summed E-state index contributed by atoms with van der Waals surface area (Å²) in [5.74, 6) is 0. The van der Waals surface area contributed by atoms with Crippen molar-refractivity contribution in [1.82, 2.24) is 0 Å². The molecule has 60 valence electrons. The van der Waals surface area contributed by atoms with E-state index in [9.17, 15) is 17.7 Å². The van der Waals surface area contributed by atoms with Gasteiger partial charge in [-0.05, 0) is 11.4 Å². The summed E-state index contributed by atoms with van der Waals surface area (Å²) in [4.78, 5) is 10.2. The fourth-order valence-corrected chi connectivity index (χ4v) is 1.29. The summed E-state index contributed by atoms with van der Waals surface area (Å²) in [5, 5.41) is 1.44. The lowest BCUT2D eigenvalue weighted by Crippen LogP contribution is -2.28. The largest absolute Gasteiger partial charge is 0.550 e. The van der Waals surface area contributed by atoms with Gasteiger partial charge in [0, 0.05) is 4.88 Å². The van der Waals surface area contributed by atoms with E-state index in [-0.39, 0.29) is 4.88 Å². The van der Waals surface area contributed by atoms with E-state index < -0.39 is 12.7 Å². The molecule has 0 spiro atoms. The second-order valence-corrected chi connectivity index (χ2v) is 2.86. The van der Waals surface area contributed by atoms with Gasteiger partial charge in [-0.15, -0.1) is 11.3 Å². The van der Waals surface area contributed by atoms with Crippen molar-refractivity contribution in [3.8, 4) is 0 Å². The average molecular weight is 179 g/mol. The number of thiophene rings is 1. The standard InChI is InChI=1S/C5H3BF3OS/c7-6(8,9)5(10)4-2-1-3-11-4/h1-3H/q-1. The van der Waals surface area contributed by atoms with Gasteiger partial charge < -0.3 is 17.7 Å². The summed E-state index contributed by atoms with van der Waals surface area (Å²) in [5.41, 5.74) is -1.71. The zero-order valence-electron chi connectivity index (χ0n) is 5.26. The first-order chi connectivity index (χ1) is 5.02. The second-order valence-electron chi connectivity index (χ2n) is 1.92. The molecule has 0 aliphatic heterocycles. The quantitative estimate of drug-likeness (QED) is 0.636. The van der Waals surface area contributed by atoms with E-state index in [0.717, 1.165) is 11.3 Å². The van der Waals surface area contributed by atoms with Gasteiger partial charge in [-0.2, -0.15) is 0 Å². The molecule has 0 saturated carbocycles. The monoisotopic (exact) mass is 179 g/mol. The fraction of sp³-hybridized carbons (Fsp3) is 0. The smallest absolute Gasteiger partial charge is 0.443 e. The molecule has 1 aromatic rings. The molecule has 0 bridgehead atoms. The molecule has 0 unspecified atom stereocenters. The van der Waals surface area contributed by atoms with Gasteiger partial charge in [0.2, 0.25) is 0 Å². The Kier molecular flexibility index (Phi) is 2.04. The molecule has 1 heterocycles. The van der Waals surface area contributed by atoms with Gasteiger partial charge in [-0.1, -0.05) is 6.07 Å². The van der Waals surface area contributed by atoms with Crippen LogP contribution in [0.25, 0.3) is 0 Å². The Labute approximate surface area is 64.9 Å². The van der Waals surface area contributed by atoms with E-state index in [1.807, 2.05) is 0 Å². The molecule has 0 radical (unpaired) electrons. The maximum Gasteiger partial charge on any atom is 0.550 e. The van der Waals surface area contributed by atoms with E-state index in [4.69, 9.17) is 0 Å². The van der Waals surface area contributed by atoms with Crippen LogP contribution in [0.5, 0.6) is 0 Å². The Bertz CT molecular complexity index is 253. The lowest BCUT2D eigenvalue weighted by atomic mass is 9.83. The van der Waals surface area contributed by atoms with Crippen LogP contribution in [0.1, 0.15) is 9.67 Å². The highest BCUT2D eigenvalue weighted by molar-refractivity contribution is 7.16. The molecule has 0 aliphatic carbocycles. The fourth-order valence-electron chi connectivity index (χ4n) is 0.580. The predicted molar refractivity (Wildman–Crippen MR) is 37.7 cm³/mol. The molecule has 1 rings (SSSR count). The lowest BCUT2D eigenvalue weighted by molar-refractivity contribution is 0.103. The maximum atomic E-state index is 11.7. The van der Waals surface area contributed by atoms with Crippen LogP contribution in [-0.4, -0.2) is 12.7 Å². The first-order valence-corrected chi connectivity index (χ1v) is 3.67. The Morgan fingerprint density at radius 1 is 1.45 bits per heavy atom. The summed E-state index contributed by atoms with van der Waals surface area (Å²) in [6, 6.07) is 2.59. The van der Waals surface area contributed by atoms with Crippen LogP contribution in [0.3, 0.4) is 0 Å². The highest BCUT2D eigenvalue weighted by Gasteiger charge is 2.34. The summed E-state index contributed by atoms with van der Waals surface area (Å²) >= 11 is 0.804. The van der Waals surface area contributed by atoms with Crippen LogP contribution in [0.15, 0.2) is 17.5 Å². The van der Waals surface area contributed by atoms with E-state index >= 15 is 0 Å². The predicted octanol–water partition coefficient (Wildman–Crippen LogP) is 2.32. The highest BCUT2D eigenvalue weighted by atomic mass is 32.1. The maximum absolute atomic E-state index is 11.7. The molecular weight excluding hydrogens is 176 g/mol. The van der Waals surface area contributed by atoms with Gasteiger partial charge in [0.05, 0.1) is 0 Å². The van der Waals surface area contributed by atoms with Crippen LogP contribution < -0.4 is 0 Å². The average Bonchev–Trinajstić information content (AvgIpc) is 2.34. The summed E-state index contributed by atoms with van der Waals surface area (Å²) < 4.78 is 35.2. The summed E-state index contributed by atoms with van der Waals surface area (Å²) in [6.07, 6.45) is 0. The van der Waals surface area contributed by atoms with Crippen molar-refractivity contribution in [3.05, 3.63) is 22.4 Å². The van der Waals surface area contributed by atoms with Gasteiger partial charge >= 0.3 is 6.98 Å². The van der Waals surface area contributed by atoms with Gasteiger partial charge in [0.25, 0.3) is 0 Å². The summed E-state index contributed by atoms with van der Waals surface area (Å²) in [7, 11) is 0. The molecule has 0 saturated heterocycles. The third-order valence-electron chi connectivity index (χ3n) is 1.06. The molecule has 0 atom stereocenters. The number of hydrogen-bond acceptors (Lipinski definition) is 2. The van der Waals surface area contributed by atoms with Crippen LogP contribution >= 0.6 is 11.3 Å². The zero-order valence-corrected chi connectivity index (χ0v) is 6.08. The van der Waals surface area contributed by atoms with E-state index in [0.29, 0.717) is 0 Å². The number of carbonyl (C=O) groups excluding carboxylic acids is 1. The topological polar surface area (TPSA) is 17.1 Å². The Morgan fingerprint density at radius 2 is 2.09 bits per heavy atom. The minimum absolute atomic E-state index is 0.238. The van der Waals surface area contributed by atoms with Crippen LogP contribution in [0, 0.1) is 0 Å². The Morgan fingerprint density at radius 3 is 2.45 bits per heavy atom. The second kappa shape index (κ2) is 2.69. The third kappa shape index (κ3) is 1.83. The zero-order chi connectivity index (χ0) is 8.48. The minimum Gasteiger partial charge on any atom is -0.443 e. The number of hydrogen-bond donors (Lipinski definition) is 0. The van der Waals surface area contributed by atoms with Crippen LogP contribution in [0.4, 0.5) is 12.9 Å². The minimum atomic E-state index is -5.35. The Balaban J connectivity index is 2.88. The van der Waals surface area contributed by atoms with Crippen molar-refractivity contribution in [2.24, 2.45) is 0 Å². The van der Waals surface area contributed by atoms with E-state index in [1.165, 1.54) is 17.5 Å². The van der Waals surface area contributed by atoms with Crippen LogP contribution in [-0.2, 0) is 0 Å². The molecule has 1 nitrogen and oxygen atoms in total. The summed E-state index contributed by atoms with van der Waals surface area (Å²) in [6.45, 7) is -5.35. The number of rotatable bonds is 2. The molecule has 0 aliphatic rings. The molecule has 0 aromatic carbocycles. The molecule has 6 heteroatoms. The number of carbonyl (C=O) groups is 1.